The zero-order valence-corrected chi connectivity index (χ0v) is 33.9. The van der Waals surface area contributed by atoms with E-state index in [1.807, 2.05) is 0 Å². The van der Waals surface area contributed by atoms with Crippen LogP contribution in [0.25, 0.3) is 112 Å². The number of para-hydroxylation sites is 1. The maximum absolute atomic E-state index is 5.17. The summed E-state index contributed by atoms with van der Waals surface area (Å²) in [4.78, 5) is 5.17. The predicted octanol–water partition coefficient (Wildman–Crippen LogP) is 14.0. The van der Waals surface area contributed by atoms with Gasteiger partial charge in [0.2, 0.25) is 0 Å². The van der Waals surface area contributed by atoms with Crippen molar-refractivity contribution < 1.29 is 0 Å². The van der Waals surface area contributed by atoms with E-state index in [1.165, 1.54) is 98.7 Å². The molecular formula is C59H42N2. The molecule has 288 valence electrons. The Balaban J connectivity index is 0.964. The Morgan fingerprint density at radius 2 is 0.902 bits per heavy atom. The third kappa shape index (κ3) is 6.14. The number of nitrogens with zero attached hydrogens (tertiary/aromatic N) is 2. The van der Waals surface area contributed by atoms with E-state index in [2.05, 4.69) is 211 Å². The van der Waals surface area contributed by atoms with E-state index in [0.29, 0.717) is 0 Å². The molecule has 0 unspecified atom stereocenters. The van der Waals surface area contributed by atoms with Crippen molar-refractivity contribution in [1.29, 1.82) is 0 Å². The quantitative estimate of drug-likeness (QED) is 0.164. The van der Waals surface area contributed by atoms with Crippen molar-refractivity contribution in [3.8, 4) is 61.6 Å². The normalized spacial score (nSPS) is 13.2. The highest BCUT2D eigenvalue weighted by atomic mass is 15.1. The van der Waals surface area contributed by atoms with Gasteiger partial charge in [0.15, 0.2) is 0 Å². The van der Waals surface area contributed by atoms with Crippen molar-refractivity contribution >= 4 is 50.5 Å². The average Bonchev–Trinajstić information content (AvgIpc) is 3.73. The second-order valence-corrected chi connectivity index (χ2v) is 16.5. The smallest absolute Gasteiger partial charge is 0.145 e. The minimum absolute atomic E-state index is 0.968. The number of allylic oxidation sites excluding steroid dienone is 1. The zero-order valence-electron chi connectivity index (χ0n) is 33.9. The Labute approximate surface area is 355 Å². The summed E-state index contributed by atoms with van der Waals surface area (Å²) in [6, 6.07) is 67.1. The van der Waals surface area contributed by atoms with Crippen LogP contribution < -0.4 is 10.4 Å². The molecule has 1 aromatic heterocycles. The second kappa shape index (κ2) is 14.6. The van der Waals surface area contributed by atoms with E-state index < -0.39 is 0 Å². The summed E-state index contributed by atoms with van der Waals surface area (Å²) < 4.78 is 2.31. The maximum Gasteiger partial charge on any atom is 0.145 e. The number of aromatic nitrogens is 2. The molecule has 0 N–H and O–H groups in total. The van der Waals surface area contributed by atoms with Gasteiger partial charge in [-0.3, -0.25) is 4.57 Å². The molecular weight excluding hydrogens is 737 g/mol. The summed E-state index contributed by atoms with van der Waals surface area (Å²) in [5, 5.41) is 10.3. The molecule has 0 amide bonds. The molecule has 0 atom stereocenters. The fourth-order valence-electron chi connectivity index (χ4n) is 9.85. The largest absolute Gasteiger partial charge is 0.293 e. The van der Waals surface area contributed by atoms with Gasteiger partial charge in [0.25, 0.3) is 0 Å². The minimum Gasteiger partial charge on any atom is -0.293 e. The van der Waals surface area contributed by atoms with Crippen LogP contribution in [0, 0.1) is 0 Å². The number of imidazole rings is 1. The van der Waals surface area contributed by atoms with Crippen molar-refractivity contribution in [2.45, 2.75) is 25.7 Å². The first-order chi connectivity index (χ1) is 30.2. The van der Waals surface area contributed by atoms with Gasteiger partial charge in [0.1, 0.15) is 5.82 Å². The fourth-order valence-corrected chi connectivity index (χ4v) is 9.85. The molecule has 12 rings (SSSR count). The number of aryl methyl sites for hydroxylation is 1. The molecule has 9 aromatic carbocycles. The van der Waals surface area contributed by atoms with E-state index >= 15 is 0 Å². The van der Waals surface area contributed by atoms with Crippen LogP contribution in [0.1, 0.15) is 30.7 Å². The van der Waals surface area contributed by atoms with Crippen LogP contribution in [0.15, 0.2) is 188 Å². The Hall–Kier alpha value is -7.55. The topological polar surface area (TPSA) is 17.8 Å². The number of rotatable bonds is 6. The number of fused-ring (bicyclic) bond motifs is 5. The lowest BCUT2D eigenvalue weighted by Gasteiger charge is -2.19. The van der Waals surface area contributed by atoms with Crippen LogP contribution in [0.3, 0.4) is 0 Å². The number of hydrogen-bond donors (Lipinski definition) is 0. The number of hydrogen-bond acceptors (Lipinski definition) is 1. The molecule has 0 spiro atoms. The SMILES string of the molecule is C1=Cc2c(nc(-c3ccc(-c4ccc(-c5ccc6c(-c7ccc8ccccc8c7)c7c(c(-c8ccc9ccccc9c8)c6c5)=CCCC=7)cc4)cc3)n2-c2ccccc2)CC1. The highest BCUT2D eigenvalue weighted by molar-refractivity contribution is 6.09. The van der Waals surface area contributed by atoms with Crippen molar-refractivity contribution in [1.82, 2.24) is 9.55 Å². The summed E-state index contributed by atoms with van der Waals surface area (Å²) in [6.45, 7) is 0. The van der Waals surface area contributed by atoms with Crippen LogP contribution in [0.5, 0.6) is 0 Å². The molecule has 2 aliphatic rings. The average molecular weight is 779 g/mol. The monoisotopic (exact) mass is 778 g/mol. The summed E-state index contributed by atoms with van der Waals surface area (Å²) in [6.07, 6.45) is 13.5. The van der Waals surface area contributed by atoms with E-state index in [1.54, 1.807) is 0 Å². The summed E-state index contributed by atoms with van der Waals surface area (Å²) >= 11 is 0. The van der Waals surface area contributed by atoms with Gasteiger partial charge in [-0.1, -0.05) is 170 Å². The molecule has 10 aromatic rings. The van der Waals surface area contributed by atoms with Gasteiger partial charge in [0.05, 0.1) is 11.4 Å². The van der Waals surface area contributed by atoms with Crippen LogP contribution in [-0.2, 0) is 6.42 Å². The third-order valence-corrected chi connectivity index (χ3v) is 12.8. The second-order valence-electron chi connectivity index (χ2n) is 16.5. The van der Waals surface area contributed by atoms with Crippen molar-refractivity contribution in [3.63, 3.8) is 0 Å². The Kier molecular flexibility index (Phi) is 8.48. The van der Waals surface area contributed by atoms with Gasteiger partial charge in [0, 0.05) is 11.3 Å². The lowest BCUT2D eigenvalue weighted by atomic mass is 9.84. The molecule has 0 saturated heterocycles. The molecule has 2 nitrogen and oxygen atoms in total. The van der Waals surface area contributed by atoms with Crippen LogP contribution in [0.4, 0.5) is 0 Å². The Bertz CT molecular complexity index is 3500. The lowest BCUT2D eigenvalue weighted by molar-refractivity contribution is 0.936. The van der Waals surface area contributed by atoms with Gasteiger partial charge < -0.3 is 0 Å². The molecule has 1 heterocycles. The summed E-state index contributed by atoms with van der Waals surface area (Å²) in [5.41, 5.74) is 14.6. The molecule has 0 bridgehead atoms. The van der Waals surface area contributed by atoms with E-state index in [4.69, 9.17) is 4.98 Å². The van der Waals surface area contributed by atoms with Crippen LogP contribution >= 0.6 is 0 Å². The van der Waals surface area contributed by atoms with Crippen molar-refractivity contribution in [2.75, 3.05) is 0 Å². The molecule has 2 heteroatoms. The Morgan fingerprint density at radius 3 is 1.52 bits per heavy atom. The van der Waals surface area contributed by atoms with E-state index in [9.17, 15) is 0 Å². The third-order valence-electron chi connectivity index (χ3n) is 12.8. The molecule has 0 aliphatic heterocycles. The molecule has 0 saturated carbocycles. The highest BCUT2D eigenvalue weighted by Crippen LogP contribution is 2.38. The molecule has 2 aliphatic carbocycles. The van der Waals surface area contributed by atoms with Gasteiger partial charge in [-0.15, -0.1) is 0 Å². The first-order valence-electron chi connectivity index (χ1n) is 21.6. The number of benzene rings is 9. The van der Waals surface area contributed by atoms with Gasteiger partial charge >= 0.3 is 0 Å². The first-order valence-corrected chi connectivity index (χ1v) is 21.6. The van der Waals surface area contributed by atoms with Crippen LogP contribution in [0.2, 0.25) is 0 Å². The predicted molar refractivity (Wildman–Crippen MR) is 258 cm³/mol. The van der Waals surface area contributed by atoms with Gasteiger partial charge in [-0.05, 0) is 149 Å². The highest BCUT2D eigenvalue weighted by Gasteiger charge is 2.21. The minimum atomic E-state index is 0.968. The standard InChI is InChI=1S/C59H42N2/c1-2-16-50(17-3-1)61-56-21-11-10-20-55(56)60-59(61)44-30-26-42(27-31-44)41-22-24-43(25-23-41)47-34-35-53-54(38-47)58(49-33-29-40-13-5-7-15-46(40)37-49)52-19-9-8-18-51(52)57(53)48-32-28-39-12-4-6-14-45(39)36-48/h1-7,11-19,21-38H,8-10,20H2. The molecule has 0 radical (unpaired) electrons. The lowest BCUT2D eigenvalue weighted by Crippen LogP contribution is -2.31. The zero-order chi connectivity index (χ0) is 40.3. The molecule has 61 heavy (non-hydrogen) atoms. The van der Waals surface area contributed by atoms with Crippen molar-refractivity contribution in [2.24, 2.45) is 0 Å². The maximum atomic E-state index is 5.17. The fraction of sp³-hybridized carbons (Fsp3) is 0.0678. The Morgan fingerprint density at radius 1 is 0.393 bits per heavy atom. The first kappa shape index (κ1) is 35.4. The van der Waals surface area contributed by atoms with E-state index in [-0.39, 0.29) is 0 Å². The van der Waals surface area contributed by atoms with Gasteiger partial charge in [-0.25, -0.2) is 4.98 Å². The summed E-state index contributed by atoms with van der Waals surface area (Å²) in [7, 11) is 0. The summed E-state index contributed by atoms with van der Waals surface area (Å²) in [5.74, 6) is 0.990. The molecule has 0 fully saturated rings. The van der Waals surface area contributed by atoms with E-state index in [0.717, 1.165) is 42.8 Å². The van der Waals surface area contributed by atoms with Crippen molar-refractivity contribution in [3.05, 3.63) is 210 Å². The van der Waals surface area contributed by atoms with Gasteiger partial charge in [-0.2, -0.15) is 0 Å². The van der Waals surface area contributed by atoms with Crippen LogP contribution in [-0.4, -0.2) is 9.55 Å².